The van der Waals surface area contributed by atoms with Crippen LogP contribution in [0.3, 0.4) is 0 Å². The molecule has 0 amide bonds. The fourth-order valence-electron chi connectivity index (χ4n) is 2.03. The van der Waals surface area contributed by atoms with Crippen LogP contribution in [-0.2, 0) is 11.5 Å². The van der Waals surface area contributed by atoms with Crippen molar-refractivity contribution in [1.82, 2.24) is 14.4 Å². The summed E-state index contributed by atoms with van der Waals surface area (Å²) in [5, 5.41) is 1.88. The van der Waals surface area contributed by atoms with Crippen LogP contribution < -0.4 is 10.5 Å². The molecule has 0 saturated heterocycles. The molecule has 3 aromatic heterocycles. The van der Waals surface area contributed by atoms with E-state index in [-0.39, 0.29) is 5.56 Å². The first-order valence-electron chi connectivity index (χ1n) is 6.79. The fraction of sp³-hybridized carbons (Fsp3) is 0.267. The number of hydrogen-bond donors (Lipinski definition) is 0. The maximum atomic E-state index is 11.9. The first kappa shape index (κ1) is 15.1. The molecule has 0 aliphatic carbocycles. The zero-order valence-electron chi connectivity index (χ0n) is 12.4. The summed E-state index contributed by atoms with van der Waals surface area (Å²) < 4.78 is 1.57. The topological polar surface area (TPSA) is 50.5 Å². The van der Waals surface area contributed by atoms with Gasteiger partial charge in [0.05, 0.1) is 5.69 Å². The van der Waals surface area contributed by atoms with Gasteiger partial charge in [-0.05, 0) is 17.7 Å². The molecule has 0 unspecified atom stereocenters. The van der Waals surface area contributed by atoms with E-state index in [1.165, 1.54) is 16.9 Å². The van der Waals surface area contributed by atoms with Gasteiger partial charge in [-0.25, -0.2) is 9.97 Å². The number of thiazole rings is 1. The van der Waals surface area contributed by atoms with Crippen molar-refractivity contribution in [1.29, 1.82) is 0 Å². The van der Waals surface area contributed by atoms with Crippen molar-refractivity contribution < 1.29 is 0 Å². The molecular formula is C15H16N4OS2. The van der Waals surface area contributed by atoms with E-state index < -0.39 is 0 Å². The number of fused-ring (bicyclic) bond motifs is 1. The Morgan fingerprint density at radius 3 is 3.00 bits per heavy atom. The Balaban J connectivity index is 1.67. The zero-order chi connectivity index (χ0) is 15.5. The summed E-state index contributed by atoms with van der Waals surface area (Å²) in [6.45, 7) is 0. The van der Waals surface area contributed by atoms with Crippen LogP contribution in [0.15, 0.2) is 40.8 Å². The molecule has 5 nitrogen and oxygen atoms in total. The molecule has 3 aromatic rings. The SMILES string of the molecule is CN(C)c1cc(CSCc2cc(=O)n3ccsc3n2)ccn1. The van der Waals surface area contributed by atoms with E-state index in [0.717, 1.165) is 28.0 Å². The normalized spacial score (nSPS) is 11.0. The summed E-state index contributed by atoms with van der Waals surface area (Å²) in [5.41, 5.74) is 2.04. The number of anilines is 1. The van der Waals surface area contributed by atoms with Gasteiger partial charge in [0.1, 0.15) is 5.82 Å². The van der Waals surface area contributed by atoms with Gasteiger partial charge in [-0.15, -0.1) is 11.3 Å². The van der Waals surface area contributed by atoms with Gasteiger partial charge >= 0.3 is 0 Å². The van der Waals surface area contributed by atoms with Crippen LogP contribution in [0.5, 0.6) is 0 Å². The molecule has 0 bridgehead atoms. The van der Waals surface area contributed by atoms with Gasteiger partial charge in [0, 0.05) is 49.4 Å². The predicted octanol–water partition coefficient (Wildman–Crippen LogP) is 2.65. The first-order chi connectivity index (χ1) is 10.6. The monoisotopic (exact) mass is 332 g/mol. The molecule has 3 rings (SSSR count). The fourth-order valence-corrected chi connectivity index (χ4v) is 3.64. The number of hydrogen-bond acceptors (Lipinski definition) is 6. The molecule has 3 heterocycles. The van der Waals surface area contributed by atoms with Crippen molar-refractivity contribution in [3.05, 3.63) is 57.6 Å². The van der Waals surface area contributed by atoms with Crippen LogP contribution in [0.4, 0.5) is 5.82 Å². The smallest absolute Gasteiger partial charge is 0.258 e. The minimum atomic E-state index is -0.0133. The molecule has 0 radical (unpaired) electrons. The molecule has 22 heavy (non-hydrogen) atoms. The van der Waals surface area contributed by atoms with E-state index in [2.05, 4.69) is 16.0 Å². The lowest BCUT2D eigenvalue weighted by Crippen LogP contribution is -2.12. The van der Waals surface area contributed by atoms with Crippen molar-refractivity contribution in [2.24, 2.45) is 0 Å². The number of pyridine rings is 1. The number of thioether (sulfide) groups is 1. The van der Waals surface area contributed by atoms with Gasteiger partial charge in [-0.3, -0.25) is 9.20 Å². The largest absolute Gasteiger partial charge is 0.363 e. The third-order valence-corrected chi connectivity index (χ3v) is 4.94. The Kier molecular flexibility index (Phi) is 4.44. The highest BCUT2D eigenvalue weighted by Gasteiger charge is 2.04. The van der Waals surface area contributed by atoms with Gasteiger partial charge in [-0.1, -0.05) is 0 Å². The molecule has 0 atom stereocenters. The van der Waals surface area contributed by atoms with Crippen LogP contribution in [-0.4, -0.2) is 28.5 Å². The van der Waals surface area contributed by atoms with Crippen LogP contribution in [0.1, 0.15) is 11.3 Å². The lowest BCUT2D eigenvalue weighted by Gasteiger charge is -2.11. The Hall–Kier alpha value is -1.86. The standard InChI is InChI=1S/C15H16N4OS2/c1-18(2)13-7-11(3-4-16-13)9-21-10-12-8-14(20)19-5-6-22-15(19)17-12/h3-8H,9-10H2,1-2H3. The Morgan fingerprint density at radius 2 is 2.18 bits per heavy atom. The van der Waals surface area contributed by atoms with E-state index in [9.17, 15) is 4.79 Å². The van der Waals surface area contributed by atoms with E-state index in [0.29, 0.717) is 0 Å². The molecule has 0 aliphatic heterocycles. The second kappa shape index (κ2) is 6.50. The van der Waals surface area contributed by atoms with Crippen LogP contribution >= 0.6 is 23.1 Å². The van der Waals surface area contributed by atoms with Crippen molar-refractivity contribution in [3.8, 4) is 0 Å². The molecular weight excluding hydrogens is 316 g/mol. The summed E-state index contributed by atoms with van der Waals surface area (Å²) in [6.07, 6.45) is 3.58. The number of rotatable bonds is 5. The summed E-state index contributed by atoms with van der Waals surface area (Å²) in [5.74, 6) is 2.55. The third-order valence-electron chi connectivity index (χ3n) is 3.14. The van der Waals surface area contributed by atoms with Crippen molar-refractivity contribution in [3.63, 3.8) is 0 Å². The van der Waals surface area contributed by atoms with Gasteiger partial charge < -0.3 is 4.90 Å². The van der Waals surface area contributed by atoms with E-state index >= 15 is 0 Å². The maximum Gasteiger partial charge on any atom is 0.258 e. The third kappa shape index (κ3) is 3.31. The molecule has 0 spiro atoms. The number of nitrogens with zero attached hydrogens (tertiary/aromatic N) is 4. The second-order valence-corrected chi connectivity index (χ2v) is 6.91. The molecule has 7 heteroatoms. The average Bonchev–Trinajstić information content (AvgIpc) is 2.96. The number of aromatic nitrogens is 3. The molecule has 0 saturated carbocycles. The van der Waals surface area contributed by atoms with Crippen molar-refractivity contribution >= 4 is 33.9 Å². The lowest BCUT2D eigenvalue weighted by molar-refractivity contribution is 1.04. The van der Waals surface area contributed by atoms with Crippen molar-refractivity contribution in [2.75, 3.05) is 19.0 Å². The molecule has 0 aromatic carbocycles. The maximum absolute atomic E-state index is 11.9. The van der Waals surface area contributed by atoms with E-state index in [1.54, 1.807) is 28.4 Å². The van der Waals surface area contributed by atoms with E-state index in [4.69, 9.17) is 0 Å². The highest BCUT2D eigenvalue weighted by atomic mass is 32.2. The summed E-state index contributed by atoms with van der Waals surface area (Å²) in [6, 6.07) is 5.72. The van der Waals surface area contributed by atoms with Gasteiger partial charge in [0.2, 0.25) is 0 Å². The summed E-state index contributed by atoms with van der Waals surface area (Å²) >= 11 is 3.23. The molecule has 114 valence electrons. The van der Waals surface area contributed by atoms with Gasteiger partial charge in [-0.2, -0.15) is 11.8 Å². The first-order valence-corrected chi connectivity index (χ1v) is 8.83. The van der Waals surface area contributed by atoms with Crippen LogP contribution in [0.2, 0.25) is 0 Å². The van der Waals surface area contributed by atoms with Crippen molar-refractivity contribution in [2.45, 2.75) is 11.5 Å². The Labute approximate surface area is 136 Å². The van der Waals surface area contributed by atoms with Crippen LogP contribution in [0.25, 0.3) is 4.96 Å². The summed E-state index contributed by atoms with van der Waals surface area (Å²) in [7, 11) is 3.96. The highest BCUT2D eigenvalue weighted by Crippen LogP contribution is 2.19. The van der Waals surface area contributed by atoms with Crippen LogP contribution in [0, 0.1) is 0 Å². The zero-order valence-corrected chi connectivity index (χ0v) is 14.0. The quantitative estimate of drug-likeness (QED) is 0.719. The average molecular weight is 332 g/mol. The molecule has 0 N–H and O–H groups in total. The van der Waals surface area contributed by atoms with E-state index in [1.807, 2.05) is 36.6 Å². The van der Waals surface area contributed by atoms with Gasteiger partial charge in [0.15, 0.2) is 4.96 Å². The lowest BCUT2D eigenvalue weighted by atomic mass is 10.3. The Bertz CT molecular complexity index is 841. The minimum absolute atomic E-state index is 0.0133. The summed E-state index contributed by atoms with van der Waals surface area (Å²) in [4.78, 5) is 23.5. The minimum Gasteiger partial charge on any atom is -0.363 e. The van der Waals surface area contributed by atoms with Gasteiger partial charge in [0.25, 0.3) is 5.56 Å². The second-order valence-electron chi connectivity index (χ2n) is 5.05. The molecule has 0 fully saturated rings. The molecule has 0 aliphatic rings. The highest BCUT2D eigenvalue weighted by molar-refractivity contribution is 7.97. The Morgan fingerprint density at radius 1 is 1.32 bits per heavy atom. The predicted molar refractivity (Wildman–Crippen MR) is 92.9 cm³/mol.